The predicted molar refractivity (Wildman–Crippen MR) is 88.1 cm³/mol. The summed E-state index contributed by atoms with van der Waals surface area (Å²) in [6.45, 7) is 0.387. The van der Waals surface area contributed by atoms with E-state index >= 15 is 0 Å². The van der Waals surface area contributed by atoms with Crippen molar-refractivity contribution in [3.63, 3.8) is 0 Å². The highest BCUT2D eigenvalue weighted by Gasteiger charge is 2.37. The molecular weight excluding hydrogens is 308 g/mol. The fraction of sp³-hybridized carbons (Fsp3) is 0.333. The van der Waals surface area contributed by atoms with Crippen LogP contribution in [0, 0.1) is 0 Å². The van der Waals surface area contributed by atoms with Crippen molar-refractivity contribution in [3.8, 4) is 0 Å². The van der Waals surface area contributed by atoms with Crippen LogP contribution in [0.4, 0.5) is 5.69 Å². The lowest BCUT2D eigenvalue weighted by Crippen LogP contribution is -2.45. The molecule has 1 unspecified atom stereocenters. The Bertz CT molecular complexity index is 670. The molecule has 2 amide bonds. The Hall–Kier alpha value is -2.60. The van der Waals surface area contributed by atoms with Crippen LogP contribution in [-0.2, 0) is 20.8 Å². The summed E-state index contributed by atoms with van der Waals surface area (Å²) in [5.41, 5.74) is 3.20. The summed E-state index contributed by atoms with van der Waals surface area (Å²) in [6, 6.07) is 12.4. The molecule has 1 fully saturated rings. The van der Waals surface area contributed by atoms with Crippen molar-refractivity contribution in [2.45, 2.75) is 31.7 Å². The number of furan rings is 1. The number of carbonyl (C=O) groups excluding carboxylic acids is 2. The van der Waals surface area contributed by atoms with Gasteiger partial charge in [0.1, 0.15) is 11.8 Å². The minimum Gasteiger partial charge on any atom is -0.469 e. The number of nitrogens with one attached hydrogen (secondary N) is 1. The number of benzene rings is 1. The van der Waals surface area contributed by atoms with Gasteiger partial charge in [0.25, 0.3) is 5.91 Å². The average Bonchev–Trinajstić information content (AvgIpc) is 3.24. The number of hydroxylamine groups is 1. The van der Waals surface area contributed by atoms with Gasteiger partial charge in [-0.25, -0.2) is 5.48 Å². The van der Waals surface area contributed by atoms with Gasteiger partial charge in [-0.05, 0) is 37.1 Å². The van der Waals surface area contributed by atoms with Crippen LogP contribution >= 0.6 is 0 Å². The molecule has 6 nitrogen and oxygen atoms in total. The highest BCUT2D eigenvalue weighted by atomic mass is 16.6. The van der Waals surface area contributed by atoms with Crippen LogP contribution in [0.3, 0.4) is 0 Å². The van der Waals surface area contributed by atoms with Gasteiger partial charge >= 0.3 is 0 Å². The minimum absolute atomic E-state index is 0.0424. The Balaban J connectivity index is 1.48. The lowest BCUT2D eigenvalue weighted by atomic mass is 10.2. The largest absolute Gasteiger partial charge is 0.469 e. The second-order valence-corrected chi connectivity index (χ2v) is 5.65. The number of hydrogen-bond donors (Lipinski definition) is 1. The molecule has 3 rings (SSSR count). The molecule has 0 radical (unpaired) electrons. The third-order valence-corrected chi connectivity index (χ3v) is 3.97. The Morgan fingerprint density at radius 2 is 2.08 bits per heavy atom. The van der Waals surface area contributed by atoms with E-state index in [9.17, 15) is 9.59 Å². The van der Waals surface area contributed by atoms with Crippen molar-refractivity contribution in [3.05, 3.63) is 54.5 Å². The Labute approximate surface area is 140 Å². The van der Waals surface area contributed by atoms with Crippen molar-refractivity contribution in [2.24, 2.45) is 0 Å². The molecule has 0 spiro atoms. The molecule has 0 bridgehead atoms. The summed E-state index contributed by atoms with van der Waals surface area (Å²) >= 11 is 0. The number of amides is 2. The van der Waals surface area contributed by atoms with Gasteiger partial charge in [0.2, 0.25) is 5.91 Å². The maximum atomic E-state index is 12.3. The summed E-state index contributed by atoms with van der Waals surface area (Å²) in [7, 11) is 0. The fourth-order valence-electron chi connectivity index (χ4n) is 2.81. The van der Waals surface area contributed by atoms with Crippen LogP contribution < -0.4 is 10.4 Å². The highest BCUT2D eigenvalue weighted by molar-refractivity contribution is 6.03. The standard InChI is InChI=1S/C18H20N2O4/c21-17-11-10-16(20(17)14-6-2-1-3-7-14)18(22)19-24-13-5-9-15-8-4-12-23-15/h1-4,6-8,12,16H,5,9-11,13H2,(H,19,22). The molecule has 1 atom stereocenters. The van der Waals surface area contributed by atoms with Gasteiger partial charge in [0, 0.05) is 18.5 Å². The van der Waals surface area contributed by atoms with Crippen molar-refractivity contribution < 1.29 is 18.8 Å². The third-order valence-electron chi connectivity index (χ3n) is 3.97. The quantitative estimate of drug-likeness (QED) is 0.626. The maximum absolute atomic E-state index is 12.3. The smallest absolute Gasteiger partial charge is 0.266 e. The lowest BCUT2D eigenvalue weighted by molar-refractivity contribution is -0.135. The zero-order chi connectivity index (χ0) is 16.8. The van der Waals surface area contributed by atoms with Crippen molar-refractivity contribution in [2.75, 3.05) is 11.5 Å². The summed E-state index contributed by atoms with van der Waals surface area (Å²) in [5.74, 6) is 0.559. The number of carbonyl (C=O) groups is 2. The molecule has 0 saturated carbocycles. The summed E-state index contributed by atoms with van der Waals surface area (Å²) in [5, 5.41) is 0. The van der Waals surface area contributed by atoms with E-state index < -0.39 is 6.04 Å². The van der Waals surface area contributed by atoms with Crippen LogP contribution in [0.15, 0.2) is 53.1 Å². The van der Waals surface area contributed by atoms with Gasteiger partial charge in [-0.1, -0.05) is 18.2 Å². The molecule has 1 aromatic carbocycles. The van der Waals surface area contributed by atoms with Gasteiger partial charge in [0.15, 0.2) is 0 Å². The summed E-state index contributed by atoms with van der Waals surface area (Å²) in [6.07, 6.45) is 3.98. The van der Waals surface area contributed by atoms with Gasteiger partial charge in [-0.15, -0.1) is 0 Å². The fourth-order valence-corrected chi connectivity index (χ4v) is 2.81. The molecule has 6 heteroatoms. The van der Waals surface area contributed by atoms with Gasteiger partial charge < -0.3 is 4.42 Å². The first kappa shape index (κ1) is 16.3. The van der Waals surface area contributed by atoms with Crippen LogP contribution in [0.1, 0.15) is 25.0 Å². The van der Waals surface area contributed by atoms with Crippen LogP contribution in [-0.4, -0.2) is 24.5 Å². The Morgan fingerprint density at radius 3 is 2.83 bits per heavy atom. The van der Waals surface area contributed by atoms with Gasteiger partial charge in [-0.3, -0.25) is 19.3 Å². The summed E-state index contributed by atoms with van der Waals surface area (Å²) in [4.78, 5) is 31.2. The van der Waals surface area contributed by atoms with E-state index in [1.54, 1.807) is 11.2 Å². The topological polar surface area (TPSA) is 71.8 Å². The lowest BCUT2D eigenvalue weighted by Gasteiger charge is -2.23. The van der Waals surface area contributed by atoms with Crippen molar-refractivity contribution in [1.29, 1.82) is 0 Å². The average molecular weight is 328 g/mol. The molecule has 2 heterocycles. The van der Waals surface area contributed by atoms with E-state index in [4.69, 9.17) is 9.25 Å². The van der Waals surface area contributed by atoms with E-state index in [1.807, 2.05) is 42.5 Å². The van der Waals surface area contributed by atoms with Crippen LogP contribution in [0.5, 0.6) is 0 Å². The zero-order valence-electron chi connectivity index (χ0n) is 13.3. The number of hydrogen-bond acceptors (Lipinski definition) is 4. The molecule has 1 saturated heterocycles. The highest BCUT2D eigenvalue weighted by Crippen LogP contribution is 2.26. The molecule has 2 aromatic rings. The monoisotopic (exact) mass is 328 g/mol. The molecule has 126 valence electrons. The molecule has 1 aliphatic heterocycles. The third kappa shape index (κ3) is 3.83. The molecular formula is C18H20N2O4. The second-order valence-electron chi connectivity index (χ2n) is 5.65. The van der Waals surface area contributed by atoms with E-state index in [0.29, 0.717) is 19.4 Å². The maximum Gasteiger partial charge on any atom is 0.266 e. The molecule has 1 aliphatic rings. The zero-order valence-corrected chi connectivity index (χ0v) is 13.3. The molecule has 1 aromatic heterocycles. The number of nitrogens with zero attached hydrogens (tertiary/aromatic N) is 1. The predicted octanol–water partition coefficient (Wildman–Crippen LogP) is 2.46. The van der Waals surface area contributed by atoms with E-state index in [-0.39, 0.29) is 11.8 Å². The number of rotatable bonds is 7. The van der Waals surface area contributed by atoms with Gasteiger partial charge in [-0.2, -0.15) is 0 Å². The summed E-state index contributed by atoms with van der Waals surface area (Å²) < 4.78 is 5.23. The first-order valence-corrected chi connectivity index (χ1v) is 8.07. The van der Waals surface area contributed by atoms with Crippen molar-refractivity contribution in [1.82, 2.24) is 5.48 Å². The first-order valence-electron chi connectivity index (χ1n) is 8.07. The molecule has 1 N–H and O–H groups in total. The molecule has 0 aliphatic carbocycles. The first-order chi connectivity index (χ1) is 11.8. The SMILES string of the molecule is O=C(NOCCCc1ccco1)C1CCC(=O)N1c1ccccc1. The van der Waals surface area contributed by atoms with Crippen LogP contribution in [0.2, 0.25) is 0 Å². The van der Waals surface area contributed by atoms with Gasteiger partial charge in [0.05, 0.1) is 12.9 Å². The second kappa shape index (κ2) is 7.79. The molecule has 24 heavy (non-hydrogen) atoms. The Kier molecular flexibility index (Phi) is 5.28. The number of aryl methyl sites for hydroxylation is 1. The van der Waals surface area contributed by atoms with E-state index in [0.717, 1.165) is 24.3 Å². The van der Waals surface area contributed by atoms with E-state index in [1.165, 1.54) is 0 Å². The van der Waals surface area contributed by atoms with Crippen molar-refractivity contribution >= 4 is 17.5 Å². The number of anilines is 1. The van der Waals surface area contributed by atoms with Crippen LogP contribution in [0.25, 0.3) is 0 Å². The van der Waals surface area contributed by atoms with E-state index in [2.05, 4.69) is 5.48 Å². The normalized spacial score (nSPS) is 17.2. The number of para-hydroxylation sites is 1. The minimum atomic E-state index is -0.523. The Morgan fingerprint density at radius 1 is 1.25 bits per heavy atom.